The number of hydrogen-bond donors (Lipinski definition) is 0. The molecule has 186 valence electrons. The van der Waals surface area contributed by atoms with Gasteiger partial charge in [-0.2, -0.15) is 0 Å². The van der Waals surface area contributed by atoms with Crippen molar-refractivity contribution in [2.24, 2.45) is 17.8 Å². The summed E-state index contributed by atoms with van der Waals surface area (Å²) in [6.45, 7) is 5.92. The number of benzene rings is 1. The van der Waals surface area contributed by atoms with E-state index in [9.17, 15) is 4.79 Å². The first-order valence-electron chi connectivity index (χ1n) is 13.1. The zero-order chi connectivity index (χ0) is 23.8. The molecule has 35 heavy (non-hydrogen) atoms. The van der Waals surface area contributed by atoms with Crippen molar-refractivity contribution in [1.82, 2.24) is 24.5 Å². The third-order valence-electron chi connectivity index (χ3n) is 8.28. The fraction of sp³-hybridized carbons (Fsp3) is 0.593. The molecule has 0 radical (unpaired) electrons. The van der Waals surface area contributed by atoms with Crippen LogP contribution in [0, 0.1) is 17.8 Å². The summed E-state index contributed by atoms with van der Waals surface area (Å²) >= 11 is 0. The van der Waals surface area contributed by atoms with Gasteiger partial charge in [0.05, 0.1) is 19.1 Å². The molecule has 0 N–H and O–H groups in total. The van der Waals surface area contributed by atoms with Crippen LogP contribution in [0.3, 0.4) is 0 Å². The van der Waals surface area contributed by atoms with Gasteiger partial charge >= 0.3 is 0 Å². The maximum atomic E-state index is 13.2. The second-order valence-electron chi connectivity index (χ2n) is 10.6. The van der Waals surface area contributed by atoms with E-state index >= 15 is 0 Å². The van der Waals surface area contributed by atoms with Crippen LogP contribution in [0.2, 0.25) is 0 Å². The lowest BCUT2D eigenvalue weighted by atomic mass is 9.91. The van der Waals surface area contributed by atoms with Crippen LogP contribution in [0.5, 0.6) is 5.75 Å². The van der Waals surface area contributed by atoms with Gasteiger partial charge < -0.3 is 23.6 Å². The molecule has 3 atom stereocenters. The number of para-hydroxylation sites is 1. The Labute approximate surface area is 206 Å². The number of fused-ring (bicyclic) bond motifs is 1. The predicted molar refractivity (Wildman–Crippen MR) is 132 cm³/mol. The van der Waals surface area contributed by atoms with Crippen LogP contribution in [-0.4, -0.2) is 70.2 Å². The lowest BCUT2D eigenvalue weighted by Gasteiger charge is -2.33. The van der Waals surface area contributed by atoms with Crippen LogP contribution >= 0.6 is 0 Å². The number of carbonyl (C=O) groups is 1. The van der Waals surface area contributed by atoms with Crippen molar-refractivity contribution in [3.8, 4) is 5.75 Å². The normalized spacial score (nSPS) is 25.7. The summed E-state index contributed by atoms with van der Waals surface area (Å²) < 4.78 is 13.2. The topological polar surface area (TPSA) is 76.6 Å². The fourth-order valence-electron chi connectivity index (χ4n) is 6.22. The van der Waals surface area contributed by atoms with Crippen LogP contribution in [0.15, 0.2) is 41.4 Å². The molecule has 2 saturated heterocycles. The Kier molecular flexibility index (Phi) is 6.22. The minimum atomic E-state index is 0.228. The molecular formula is C27H35N5O3. The molecule has 8 heteroatoms. The lowest BCUT2D eigenvalue weighted by molar-refractivity contribution is -0.134. The zero-order valence-corrected chi connectivity index (χ0v) is 20.5. The van der Waals surface area contributed by atoms with E-state index in [4.69, 9.17) is 9.26 Å². The van der Waals surface area contributed by atoms with E-state index in [-0.39, 0.29) is 5.92 Å². The number of imidazole rings is 1. The average molecular weight is 478 g/mol. The van der Waals surface area contributed by atoms with Gasteiger partial charge in [0, 0.05) is 55.8 Å². The SMILES string of the molecule is COc1cccc2c(C3CCN(C[C@H]4C[C@@H]4C(=O)N4CCC[C@@H](Cn5ccnc5)C4)CC3)noc12. The summed E-state index contributed by atoms with van der Waals surface area (Å²) in [5.41, 5.74) is 1.81. The van der Waals surface area contributed by atoms with Gasteiger partial charge in [0.1, 0.15) is 0 Å². The third kappa shape index (κ3) is 4.68. The van der Waals surface area contributed by atoms with Crippen molar-refractivity contribution in [2.45, 2.75) is 44.6 Å². The molecule has 6 rings (SSSR count). The summed E-state index contributed by atoms with van der Waals surface area (Å²) in [6, 6.07) is 6.00. The highest BCUT2D eigenvalue weighted by Gasteiger charge is 2.46. The van der Waals surface area contributed by atoms with Crippen molar-refractivity contribution in [1.29, 1.82) is 0 Å². The Balaban J connectivity index is 0.987. The van der Waals surface area contributed by atoms with Crippen LogP contribution in [0.1, 0.15) is 43.7 Å². The molecule has 3 aliphatic rings. The zero-order valence-electron chi connectivity index (χ0n) is 20.5. The van der Waals surface area contributed by atoms with Crippen molar-refractivity contribution in [2.75, 3.05) is 39.8 Å². The van der Waals surface area contributed by atoms with Gasteiger partial charge in [0.25, 0.3) is 0 Å². The molecule has 2 aromatic heterocycles. The Morgan fingerprint density at radius 3 is 2.86 bits per heavy atom. The summed E-state index contributed by atoms with van der Waals surface area (Å²) in [5.74, 6) is 2.83. The first kappa shape index (κ1) is 22.6. The lowest BCUT2D eigenvalue weighted by Crippen LogP contribution is -2.42. The van der Waals surface area contributed by atoms with Crippen LogP contribution < -0.4 is 4.74 Å². The fourth-order valence-corrected chi connectivity index (χ4v) is 6.22. The van der Waals surface area contributed by atoms with Gasteiger partial charge in [-0.1, -0.05) is 11.2 Å². The molecule has 2 aliphatic heterocycles. The van der Waals surface area contributed by atoms with Gasteiger partial charge in [0.2, 0.25) is 11.5 Å². The molecular weight excluding hydrogens is 442 g/mol. The van der Waals surface area contributed by atoms with Crippen LogP contribution in [-0.2, 0) is 11.3 Å². The van der Waals surface area contributed by atoms with E-state index < -0.39 is 0 Å². The van der Waals surface area contributed by atoms with Gasteiger partial charge in [-0.25, -0.2) is 4.98 Å². The molecule has 1 aliphatic carbocycles. The molecule has 1 saturated carbocycles. The van der Waals surface area contributed by atoms with E-state index in [1.807, 2.05) is 30.9 Å². The molecule has 0 spiro atoms. The maximum Gasteiger partial charge on any atom is 0.226 e. The second-order valence-corrected chi connectivity index (χ2v) is 10.6. The summed E-state index contributed by atoms with van der Waals surface area (Å²) in [7, 11) is 1.66. The predicted octanol–water partition coefficient (Wildman–Crippen LogP) is 3.79. The monoisotopic (exact) mass is 477 g/mol. The smallest absolute Gasteiger partial charge is 0.226 e. The minimum Gasteiger partial charge on any atom is -0.493 e. The summed E-state index contributed by atoms with van der Waals surface area (Å²) in [6.07, 6.45) is 11.2. The number of carbonyl (C=O) groups excluding carboxylic acids is 1. The number of ether oxygens (including phenoxy) is 1. The van der Waals surface area contributed by atoms with Crippen LogP contribution in [0.25, 0.3) is 11.0 Å². The second kappa shape index (κ2) is 9.64. The van der Waals surface area contributed by atoms with Gasteiger partial charge in [-0.05, 0) is 69.2 Å². The molecule has 1 aromatic carbocycles. The number of piperidine rings is 2. The highest BCUT2D eigenvalue weighted by Crippen LogP contribution is 2.42. The van der Waals surface area contributed by atoms with E-state index in [1.165, 1.54) is 6.42 Å². The number of rotatable bonds is 7. The Morgan fingerprint density at radius 2 is 2.06 bits per heavy atom. The highest BCUT2D eigenvalue weighted by molar-refractivity contribution is 5.85. The number of nitrogens with zero attached hydrogens (tertiary/aromatic N) is 5. The third-order valence-corrected chi connectivity index (χ3v) is 8.28. The van der Waals surface area contributed by atoms with E-state index in [2.05, 4.69) is 30.6 Å². The highest BCUT2D eigenvalue weighted by atomic mass is 16.5. The molecule has 0 bridgehead atoms. The molecule has 0 unspecified atom stereocenters. The molecule has 1 amide bonds. The quantitative estimate of drug-likeness (QED) is 0.515. The molecule has 3 fully saturated rings. The molecule has 8 nitrogen and oxygen atoms in total. The largest absolute Gasteiger partial charge is 0.493 e. The van der Waals surface area contributed by atoms with E-state index in [1.54, 1.807) is 7.11 Å². The Hall–Kier alpha value is -2.87. The van der Waals surface area contributed by atoms with Gasteiger partial charge in [-0.15, -0.1) is 0 Å². The molecule has 3 aromatic rings. The van der Waals surface area contributed by atoms with Crippen molar-refractivity contribution < 1.29 is 14.1 Å². The van der Waals surface area contributed by atoms with Crippen molar-refractivity contribution in [3.05, 3.63) is 42.6 Å². The average Bonchev–Trinajstić information content (AvgIpc) is 3.25. The number of amides is 1. The van der Waals surface area contributed by atoms with Crippen molar-refractivity contribution >= 4 is 16.9 Å². The number of likely N-dealkylation sites (tertiary alicyclic amines) is 2. The van der Waals surface area contributed by atoms with Crippen molar-refractivity contribution in [3.63, 3.8) is 0 Å². The number of hydrogen-bond acceptors (Lipinski definition) is 6. The summed E-state index contributed by atoms with van der Waals surface area (Å²) in [4.78, 5) is 22.0. The summed E-state index contributed by atoms with van der Waals surface area (Å²) in [5, 5.41) is 5.49. The number of aromatic nitrogens is 3. The molecule has 4 heterocycles. The first-order valence-corrected chi connectivity index (χ1v) is 13.1. The Bertz CT molecular complexity index is 1150. The first-order chi connectivity index (χ1) is 17.2. The standard InChI is InChI=1S/C27H35N5O3/c1-34-24-6-2-5-22-25(29-35-26(22)24)20-7-11-30(12-8-20)17-21-14-23(21)27(33)32-10-3-4-19(16-32)15-31-13-9-28-18-31/h2,5-6,9,13,18-21,23H,3-4,7-8,10-12,14-17H2,1H3/t19-,21+,23-/m0/s1. The maximum absolute atomic E-state index is 13.2. The van der Waals surface area contributed by atoms with Gasteiger partial charge in [0.15, 0.2) is 5.75 Å². The Morgan fingerprint density at radius 1 is 1.17 bits per heavy atom. The van der Waals surface area contributed by atoms with Crippen LogP contribution in [0.4, 0.5) is 0 Å². The minimum absolute atomic E-state index is 0.228. The van der Waals surface area contributed by atoms with E-state index in [0.29, 0.717) is 23.7 Å². The number of methoxy groups -OCH3 is 1. The van der Waals surface area contributed by atoms with E-state index in [0.717, 1.165) is 87.4 Å². The van der Waals surface area contributed by atoms with Gasteiger partial charge in [-0.3, -0.25) is 4.79 Å².